The second-order valence-corrected chi connectivity index (χ2v) is 2.54. The molecular formula is C9H12N2O2. The minimum atomic E-state index is -0.0230. The zero-order valence-corrected chi connectivity index (χ0v) is 7.70. The van der Waals surface area contributed by atoms with E-state index in [-0.39, 0.29) is 5.78 Å². The van der Waals surface area contributed by atoms with Crippen molar-refractivity contribution in [3.8, 4) is 5.75 Å². The highest BCUT2D eigenvalue weighted by Gasteiger charge is 2.05. The number of aromatic nitrogens is 1. The number of nitrogens with one attached hydrogen (secondary N) is 1. The third-order valence-corrected chi connectivity index (χ3v) is 1.60. The molecule has 13 heavy (non-hydrogen) atoms. The van der Waals surface area contributed by atoms with Crippen molar-refractivity contribution in [1.29, 1.82) is 0 Å². The minimum Gasteiger partial charge on any atom is -0.495 e. The van der Waals surface area contributed by atoms with E-state index in [1.54, 1.807) is 26.3 Å². The number of pyridine rings is 1. The summed E-state index contributed by atoms with van der Waals surface area (Å²) in [5.41, 5.74) is 0.454. The summed E-state index contributed by atoms with van der Waals surface area (Å²) in [5.74, 6) is 0.631. The Kier molecular flexibility index (Phi) is 3.40. The van der Waals surface area contributed by atoms with Crippen LogP contribution in [0.3, 0.4) is 0 Å². The number of carbonyl (C=O) groups is 1. The maximum absolute atomic E-state index is 11.3. The van der Waals surface area contributed by atoms with E-state index in [9.17, 15) is 4.79 Å². The molecule has 0 aliphatic rings. The fraction of sp³-hybridized carbons (Fsp3) is 0.333. The van der Waals surface area contributed by atoms with Gasteiger partial charge in [0.25, 0.3) is 0 Å². The lowest BCUT2D eigenvalue weighted by molar-refractivity contribution is 0.0989. The van der Waals surface area contributed by atoms with Crippen LogP contribution in [0.2, 0.25) is 0 Å². The van der Waals surface area contributed by atoms with Gasteiger partial charge in [0.05, 0.1) is 19.9 Å². The van der Waals surface area contributed by atoms with Gasteiger partial charge in [-0.1, -0.05) is 0 Å². The number of carbonyl (C=O) groups excluding carboxylic acids is 1. The predicted molar refractivity (Wildman–Crippen MR) is 49.0 cm³/mol. The molecule has 0 radical (unpaired) electrons. The Morgan fingerprint density at radius 2 is 2.38 bits per heavy atom. The van der Waals surface area contributed by atoms with Crippen LogP contribution in [-0.2, 0) is 0 Å². The van der Waals surface area contributed by atoms with Crippen molar-refractivity contribution in [2.45, 2.75) is 0 Å². The largest absolute Gasteiger partial charge is 0.495 e. The zero-order chi connectivity index (χ0) is 9.68. The first kappa shape index (κ1) is 9.67. The Balaban J connectivity index is 2.74. The lowest BCUT2D eigenvalue weighted by atomic mass is 10.2. The van der Waals surface area contributed by atoms with Crippen LogP contribution in [0, 0.1) is 0 Å². The average molecular weight is 180 g/mol. The van der Waals surface area contributed by atoms with Crippen molar-refractivity contribution >= 4 is 5.78 Å². The second kappa shape index (κ2) is 4.57. The van der Waals surface area contributed by atoms with E-state index in [0.29, 0.717) is 18.0 Å². The summed E-state index contributed by atoms with van der Waals surface area (Å²) in [5, 5.41) is 2.77. The second-order valence-electron chi connectivity index (χ2n) is 2.54. The van der Waals surface area contributed by atoms with Gasteiger partial charge in [0.2, 0.25) is 0 Å². The molecule has 1 aromatic heterocycles. The van der Waals surface area contributed by atoms with Gasteiger partial charge in [-0.3, -0.25) is 4.79 Å². The molecule has 1 rings (SSSR count). The van der Waals surface area contributed by atoms with E-state index in [1.807, 2.05) is 0 Å². The van der Waals surface area contributed by atoms with E-state index < -0.39 is 0 Å². The highest BCUT2D eigenvalue weighted by atomic mass is 16.5. The first-order valence-electron chi connectivity index (χ1n) is 3.95. The van der Waals surface area contributed by atoms with Gasteiger partial charge in [-0.05, 0) is 19.2 Å². The standard InChI is InChI=1S/C9H12N2O2/c1-10-6-9(12)8-4-3-7(13-2)5-11-8/h3-5,10H,6H2,1-2H3. The van der Waals surface area contributed by atoms with Gasteiger partial charge in [0.15, 0.2) is 5.78 Å². The van der Waals surface area contributed by atoms with Crippen molar-refractivity contribution in [3.05, 3.63) is 24.0 Å². The van der Waals surface area contributed by atoms with Gasteiger partial charge in [-0.25, -0.2) is 4.98 Å². The molecule has 0 saturated heterocycles. The molecule has 0 aliphatic heterocycles. The fourth-order valence-corrected chi connectivity index (χ4v) is 0.917. The molecule has 0 bridgehead atoms. The topological polar surface area (TPSA) is 51.2 Å². The number of hydrogen-bond donors (Lipinski definition) is 1. The monoisotopic (exact) mass is 180 g/mol. The molecule has 0 aromatic carbocycles. The number of methoxy groups -OCH3 is 1. The Bertz CT molecular complexity index is 282. The van der Waals surface area contributed by atoms with E-state index in [1.165, 1.54) is 6.20 Å². The maximum atomic E-state index is 11.3. The summed E-state index contributed by atoms with van der Waals surface area (Å²) in [7, 11) is 3.29. The van der Waals surface area contributed by atoms with Crippen molar-refractivity contribution in [3.63, 3.8) is 0 Å². The van der Waals surface area contributed by atoms with Crippen LogP contribution in [0.1, 0.15) is 10.5 Å². The molecule has 0 atom stereocenters. The molecule has 1 heterocycles. The first-order valence-corrected chi connectivity index (χ1v) is 3.95. The Labute approximate surface area is 76.9 Å². The van der Waals surface area contributed by atoms with Crippen LogP contribution in [-0.4, -0.2) is 31.5 Å². The maximum Gasteiger partial charge on any atom is 0.194 e. The van der Waals surface area contributed by atoms with Crippen LogP contribution in [0.15, 0.2) is 18.3 Å². The van der Waals surface area contributed by atoms with E-state index in [4.69, 9.17) is 4.74 Å². The summed E-state index contributed by atoms with van der Waals surface area (Å²) >= 11 is 0. The Morgan fingerprint density at radius 1 is 1.62 bits per heavy atom. The number of nitrogens with zero attached hydrogens (tertiary/aromatic N) is 1. The van der Waals surface area contributed by atoms with Gasteiger partial charge in [-0.15, -0.1) is 0 Å². The summed E-state index contributed by atoms with van der Waals surface area (Å²) in [6.45, 7) is 0.305. The summed E-state index contributed by atoms with van der Waals surface area (Å²) < 4.78 is 4.92. The van der Waals surface area contributed by atoms with Crippen LogP contribution in [0.25, 0.3) is 0 Å². The Hall–Kier alpha value is -1.42. The highest BCUT2D eigenvalue weighted by molar-refractivity contribution is 5.95. The number of likely N-dealkylation sites (N-methyl/N-ethyl adjacent to an activating group) is 1. The normalized spacial score (nSPS) is 9.69. The SMILES string of the molecule is CNCC(=O)c1ccc(OC)cn1. The van der Waals surface area contributed by atoms with Crippen LogP contribution in [0.5, 0.6) is 5.75 Å². The van der Waals surface area contributed by atoms with Crippen LogP contribution >= 0.6 is 0 Å². The molecule has 0 saturated carbocycles. The first-order chi connectivity index (χ1) is 6.27. The van der Waals surface area contributed by atoms with Gasteiger partial charge in [0.1, 0.15) is 11.4 Å². The zero-order valence-electron chi connectivity index (χ0n) is 7.70. The molecule has 70 valence electrons. The van der Waals surface area contributed by atoms with Crippen LogP contribution < -0.4 is 10.1 Å². The molecule has 0 amide bonds. The van der Waals surface area contributed by atoms with E-state index in [0.717, 1.165) is 0 Å². The fourth-order valence-electron chi connectivity index (χ4n) is 0.917. The number of ketones is 1. The summed E-state index contributed by atoms with van der Waals surface area (Å²) in [6, 6.07) is 3.37. The smallest absolute Gasteiger partial charge is 0.194 e. The van der Waals surface area contributed by atoms with Crippen molar-refractivity contribution < 1.29 is 9.53 Å². The number of Topliss-reactive ketones (excluding diaryl/α,β-unsaturated/α-hetero) is 1. The quantitative estimate of drug-likeness (QED) is 0.685. The van der Waals surface area contributed by atoms with Crippen molar-refractivity contribution in [2.75, 3.05) is 20.7 Å². The third kappa shape index (κ3) is 2.52. The average Bonchev–Trinajstić information content (AvgIpc) is 2.18. The van der Waals surface area contributed by atoms with Gasteiger partial charge >= 0.3 is 0 Å². The molecule has 0 spiro atoms. The lowest BCUT2D eigenvalue weighted by Crippen LogP contribution is -2.19. The van der Waals surface area contributed by atoms with Crippen LogP contribution in [0.4, 0.5) is 0 Å². The molecular weight excluding hydrogens is 168 g/mol. The summed E-state index contributed by atoms with van der Waals surface area (Å²) in [4.78, 5) is 15.2. The molecule has 1 aromatic rings. The number of hydrogen-bond acceptors (Lipinski definition) is 4. The molecule has 4 nitrogen and oxygen atoms in total. The highest BCUT2D eigenvalue weighted by Crippen LogP contribution is 2.07. The van der Waals surface area contributed by atoms with E-state index in [2.05, 4.69) is 10.3 Å². The minimum absolute atomic E-state index is 0.0230. The molecule has 1 N–H and O–H groups in total. The third-order valence-electron chi connectivity index (χ3n) is 1.60. The molecule has 0 unspecified atom stereocenters. The van der Waals surface area contributed by atoms with Gasteiger partial charge < -0.3 is 10.1 Å². The Morgan fingerprint density at radius 3 is 2.85 bits per heavy atom. The summed E-state index contributed by atoms with van der Waals surface area (Å²) in [6.07, 6.45) is 1.53. The predicted octanol–water partition coefficient (Wildman–Crippen LogP) is 0.492. The van der Waals surface area contributed by atoms with Crippen molar-refractivity contribution in [2.24, 2.45) is 0 Å². The lowest BCUT2D eigenvalue weighted by Gasteiger charge is -2.00. The van der Waals surface area contributed by atoms with E-state index >= 15 is 0 Å². The molecule has 0 fully saturated rings. The number of rotatable bonds is 4. The van der Waals surface area contributed by atoms with Gasteiger partial charge in [-0.2, -0.15) is 0 Å². The molecule has 0 aliphatic carbocycles. The number of ether oxygens (including phenoxy) is 1. The van der Waals surface area contributed by atoms with Gasteiger partial charge in [0, 0.05) is 0 Å². The molecule has 4 heteroatoms. The van der Waals surface area contributed by atoms with Crippen molar-refractivity contribution in [1.82, 2.24) is 10.3 Å².